The van der Waals surface area contributed by atoms with Gasteiger partial charge in [0.05, 0.1) is 15.2 Å². The van der Waals surface area contributed by atoms with Crippen molar-refractivity contribution in [2.45, 2.75) is 18.9 Å². The van der Waals surface area contributed by atoms with Crippen LogP contribution in [-0.2, 0) is 12.8 Å². The third-order valence-electron chi connectivity index (χ3n) is 3.49. The molecule has 1 unspecified atom stereocenters. The highest BCUT2D eigenvalue weighted by Crippen LogP contribution is 2.23. The molecular formula is C17H18N2S. The smallest absolute Gasteiger partial charge is 0.0954 e. The second-order valence-corrected chi connectivity index (χ2v) is 6.07. The molecule has 0 saturated heterocycles. The maximum atomic E-state index is 4.72. The Hall–Kier alpha value is -1.71. The first-order valence-electron chi connectivity index (χ1n) is 6.91. The largest absolute Gasteiger partial charge is 0.316 e. The average molecular weight is 282 g/mol. The zero-order valence-corrected chi connectivity index (χ0v) is 12.4. The third kappa shape index (κ3) is 3.06. The van der Waals surface area contributed by atoms with Crippen molar-refractivity contribution in [3.8, 4) is 0 Å². The lowest BCUT2D eigenvalue weighted by Gasteiger charge is -2.14. The Morgan fingerprint density at radius 3 is 2.50 bits per heavy atom. The summed E-state index contributed by atoms with van der Waals surface area (Å²) in [6.07, 6.45) is 2.01. The fourth-order valence-corrected chi connectivity index (χ4v) is 3.44. The molecule has 1 heterocycles. The Morgan fingerprint density at radius 2 is 1.75 bits per heavy atom. The molecule has 2 aromatic carbocycles. The Balaban J connectivity index is 1.74. The molecule has 0 aliphatic rings. The number of rotatable bonds is 5. The average Bonchev–Trinajstić information content (AvgIpc) is 2.90. The highest BCUT2D eigenvalue weighted by molar-refractivity contribution is 7.18. The minimum absolute atomic E-state index is 0.429. The number of thiazole rings is 1. The minimum Gasteiger partial charge on any atom is -0.316 e. The van der Waals surface area contributed by atoms with Crippen molar-refractivity contribution in [1.29, 1.82) is 0 Å². The second-order valence-electron chi connectivity index (χ2n) is 4.95. The first kappa shape index (κ1) is 13.3. The molecule has 0 aliphatic heterocycles. The SMILES string of the molecule is CNC(Cc1ccccc1)Cc1nc2ccccc2s1. The summed E-state index contributed by atoms with van der Waals surface area (Å²) in [5, 5.41) is 4.62. The number of fused-ring (bicyclic) bond motifs is 1. The van der Waals surface area contributed by atoms with Crippen LogP contribution in [-0.4, -0.2) is 18.1 Å². The summed E-state index contributed by atoms with van der Waals surface area (Å²) in [4.78, 5) is 4.72. The molecule has 102 valence electrons. The van der Waals surface area contributed by atoms with Crippen molar-refractivity contribution in [2.24, 2.45) is 0 Å². The summed E-state index contributed by atoms with van der Waals surface area (Å²) in [6, 6.07) is 19.4. The van der Waals surface area contributed by atoms with Crippen LogP contribution in [0.2, 0.25) is 0 Å². The van der Waals surface area contributed by atoms with E-state index in [1.54, 1.807) is 11.3 Å². The van der Waals surface area contributed by atoms with Crippen molar-refractivity contribution < 1.29 is 0 Å². The van der Waals surface area contributed by atoms with E-state index in [4.69, 9.17) is 4.98 Å². The van der Waals surface area contributed by atoms with E-state index < -0.39 is 0 Å². The summed E-state index contributed by atoms with van der Waals surface area (Å²) >= 11 is 1.80. The maximum Gasteiger partial charge on any atom is 0.0954 e. The molecule has 0 fully saturated rings. The van der Waals surface area contributed by atoms with Crippen LogP contribution in [0, 0.1) is 0 Å². The van der Waals surface area contributed by atoms with Gasteiger partial charge in [0.2, 0.25) is 0 Å². The van der Waals surface area contributed by atoms with E-state index in [1.165, 1.54) is 15.3 Å². The standard InChI is InChI=1S/C17H18N2S/c1-18-14(11-13-7-3-2-4-8-13)12-17-19-15-9-5-6-10-16(15)20-17/h2-10,14,18H,11-12H2,1H3. The van der Waals surface area contributed by atoms with Gasteiger partial charge in [-0.05, 0) is 31.2 Å². The molecule has 20 heavy (non-hydrogen) atoms. The van der Waals surface area contributed by atoms with Crippen molar-refractivity contribution in [1.82, 2.24) is 10.3 Å². The van der Waals surface area contributed by atoms with E-state index in [2.05, 4.69) is 53.8 Å². The van der Waals surface area contributed by atoms with Crippen molar-refractivity contribution >= 4 is 21.6 Å². The zero-order valence-electron chi connectivity index (χ0n) is 11.5. The first-order chi connectivity index (χ1) is 9.85. The molecule has 0 saturated carbocycles. The van der Waals surface area contributed by atoms with Gasteiger partial charge in [-0.25, -0.2) is 4.98 Å². The molecule has 3 aromatic rings. The van der Waals surface area contributed by atoms with Crippen LogP contribution in [0.5, 0.6) is 0 Å². The van der Waals surface area contributed by atoms with Gasteiger partial charge in [-0.15, -0.1) is 11.3 Å². The molecular weight excluding hydrogens is 264 g/mol. The van der Waals surface area contributed by atoms with Gasteiger partial charge in [-0.1, -0.05) is 42.5 Å². The molecule has 2 nitrogen and oxygen atoms in total. The predicted octanol–water partition coefficient (Wildman–Crippen LogP) is 3.67. The fourth-order valence-electron chi connectivity index (χ4n) is 2.39. The van der Waals surface area contributed by atoms with Crippen LogP contribution in [0.15, 0.2) is 54.6 Å². The van der Waals surface area contributed by atoms with E-state index in [-0.39, 0.29) is 0 Å². The van der Waals surface area contributed by atoms with Crippen LogP contribution < -0.4 is 5.32 Å². The van der Waals surface area contributed by atoms with Crippen LogP contribution in [0.4, 0.5) is 0 Å². The topological polar surface area (TPSA) is 24.9 Å². The molecule has 1 N–H and O–H groups in total. The van der Waals surface area contributed by atoms with Gasteiger partial charge in [0.25, 0.3) is 0 Å². The number of nitrogens with one attached hydrogen (secondary N) is 1. The number of para-hydroxylation sites is 1. The summed E-state index contributed by atoms with van der Waals surface area (Å²) in [5.41, 5.74) is 2.48. The number of nitrogens with zero attached hydrogens (tertiary/aromatic N) is 1. The van der Waals surface area contributed by atoms with Gasteiger partial charge in [0, 0.05) is 12.5 Å². The number of hydrogen-bond donors (Lipinski definition) is 1. The summed E-state index contributed by atoms with van der Waals surface area (Å²) in [6.45, 7) is 0. The quantitative estimate of drug-likeness (QED) is 0.772. The Labute approximate surface area is 123 Å². The Morgan fingerprint density at radius 1 is 1.00 bits per heavy atom. The number of aromatic nitrogens is 1. The lowest BCUT2D eigenvalue weighted by molar-refractivity contribution is 0.555. The first-order valence-corrected chi connectivity index (χ1v) is 7.72. The highest BCUT2D eigenvalue weighted by atomic mass is 32.1. The lowest BCUT2D eigenvalue weighted by Crippen LogP contribution is -2.29. The van der Waals surface area contributed by atoms with Crippen LogP contribution in [0.25, 0.3) is 10.2 Å². The molecule has 0 spiro atoms. The maximum absolute atomic E-state index is 4.72. The second kappa shape index (κ2) is 6.16. The molecule has 1 aromatic heterocycles. The molecule has 0 amide bonds. The number of likely N-dealkylation sites (N-methyl/N-ethyl adjacent to an activating group) is 1. The molecule has 0 bridgehead atoms. The normalized spacial score (nSPS) is 12.7. The van der Waals surface area contributed by atoms with Gasteiger partial charge < -0.3 is 5.32 Å². The van der Waals surface area contributed by atoms with Gasteiger partial charge in [0.15, 0.2) is 0 Å². The van der Waals surface area contributed by atoms with Crippen molar-refractivity contribution in [2.75, 3.05) is 7.05 Å². The van der Waals surface area contributed by atoms with E-state index >= 15 is 0 Å². The van der Waals surface area contributed by atoms with Gasteiger partial charge in [0.1, 0.15) is 0 Å². The van der Waals surface area contributed by atoms with Crippen LogP contribution in [0.1, 0.15) is 10.6 Å². The van der Waals surface area contributed by atoms with E-state index in [0.29, 0.717) is 6.04 Å². The Kier molecular flexibility index (Phi) is 4.09. The van der Waals surface area contributed by atoms with E-state index in [0.717, 1.165) is 18.4 Å². The monoisotopic (exact) mass is 282 g/mol. The third-order valence-corrected chi connectivity index (χ3v) is 4.55. The van der Waals surface area contributed by atoms with Crippen molar-refractivity contribution in [3.05, 3.63) is 65.2 Å². The fraction of sp³-hybridized carbons (Fsp3) is 0.235. The summed E-state index contributed by atoms with van der Waals surface area (Å²) < 4.78 is 1.28. The number of benzene rings is 2. The van der Waals surface area contributed by atoms with E-state index in [1.807, 2.05) is 13.1 Å². The van der Waals surface area contributed by atoms with Crippen LogP contribution in [0.3, 0.4) is 0 Å². The number of hydrogen-bond acceptors (Lipinski definition) is 3. The van der Waals surface area contributed by atoms with Crippen molar-refractivity contribution in [3.63, 3.8) is 0 Å². The summed E-state index contributed by atoms with van der Waals surface area (Å²) in [5.74, 6) is 0. The summed E-state index contributed by atoms with van der Waals surface area (Å²) in [7, 11) is 2.03. The zero-order chi connectivity index (χ0) is 13.8. The van der Waals surface area contributed by atoms with Gasteiger partial charge in [-0.3, -0.25) is 0 Å². The van der Waals surface area contributed by atoms with Crippen LogP contribution >= 0.6 is 11.3 Å². The molecule has 0 radical (unpaired) electrons. The highest BCUT2D eigenvalue weighted by Gasteiger charge is 2.11. The molecule has 3 rings (SSSR count). The Bertz CT molecular complexity index is 643. The predicted molar refractivity (Wildman–Crippen MR) is 86.3 cm³/mol. The molecule has 3 heteroatoms. The molecule has 0 aliphatic carbocycles. The molecule has 1 atom stereocenters. The lowest BCUT2D eigenvalue weighted by atomic mass is 10.0. The van der Waals surface area contributed by atoms with E-state index in [9.17, 15) is 0 Å². The minimum atomic E-state index is 0.429. The van der Waals surface area contributed by atoms with Gasteiger partial charge in [-0.2, -0.15) is 0 Å². The van der Waals surface area contributed by atoms with Gasteiger partial charge >= 0.3 is 0 Å².